The molecule has 0 amide bonds. The highest BCUT2D eigenvalue weighted by Crippen LogP contribution is 2.59. The van der Waals surface area contributed by atoms with Gasteiger partial charge < -0.3 is 80.6 Å². The molecule has 6 aliphatic carbocycles. The van der Waals surface area contributed by atoms with Gasteiger partial charge in [-0.05, 0) is 103 Å². The van der Waals surface area contributed by atoms with Crippen LogP contribution in [0.3, 0.4) is 0 Å². The number of Topliss-reactive ketones (excluding diaryl/α,β-unsaturated/α-hetero) is 2. The third-order valence-electron chi connectivity index (χ3n) is 16.6. The molecule has 23 nitrogen and oxygen atoms in total. The molecule has 6 atom stereocenters. The predicted octanol–water partition coefficient (Wildman–Crippen LogP) is 7.21. The van der Waals surface area contributed by atoms with Crippen molar-refractivity contribution in [3.63, 3.8) is 0 Å². The van der Waals surface area contributed by atoms with Gasteiger partial charge in [-0.2, -0.15) is 0 Å². The number of aromatic hydroxyl groups is 10. The van der Waals surface area contributed by atoms with Gasteiger partial charge in [-0.15, -0.1) is 0 Å². The van der Waals surface area contributed by atoms with Crippen LogP contribution in [-0.2, 0) is 41.4 Å². The van der Waals surface area contributed by atoms with E-state index in [-0.39, 0.29) is 74.4 Å². The monoisotopic (exact) mass is 1190 g/mol. The van der Waals surface area contributed by atoms with Crippen LogP contribution < -0.4 is 0 Å². The average Bonchev–Trinajstić information content (AvgIpc) is 0.743. The Labute approximate surface area is 490 Å². The highest BCUT2D eigenvalue weighted by Gasteiger charge is 2.52. The number of methoxy groups -OCH3 is 2. The molecular formula is C64H50O23. The fourth-order valence-electron chi connectivity index (χ4n) is 13.1. The van der Waals surface area contributed by atoms with Crippen molar-refractivity contribution in [2.45, 2.75) is 57.7 Å². The Bertz CT molecular complexity index is 4360. The van der Waals surface area contributed by atoms with E-state index in [9.17, 15) is 99.9 Å². The van der Waals surface area contributed by atoms with E-state index in [0.29, 0.717) is 27.8 Å². The summed E-state index contributed by atoms with van der Waals surface area (Å²) in [6.07, 6.45) is 0.673. The fraction of sp³-hybridized carbons (Fsp3) is 0.203. The molecule has 4 bridgehead atoms. The van der Waals surface area contributed by atoms with Crippen LogP contribution in [0.2, 0.25) is 0 Å². The van der Waals surface area contributed by atoms with Crippen molar-refractivity contribution in [1.82, 2.24) is 0 Å². The van der Waals surface area contributed by atoms with Gasteiger partial charge in [-0.1, -0.05) is 35.4 Å². The molecule has 12 rings (SSSR count). The van der Waals surface area contributed by atoms with E-state index in [1.165, 1.54) is 37.3 Å². The Morgan fingerprint density at radius 3 is 1.26 bits per heavy atom. The molecule has 6 aromatic rings. The molecule has 6 aromatic carbocycles. The number of benzene rings is 6. The number of aliphatic hydroxyl groups excluding tert-OH is 3. The standard InChI is InChI=1S/C33H26O12.C31H24O11/c1-11-6-16-23(19(37)7-11)30(41)27-22(32(16)45-12(2)34)13-8-14-10-20(38)26(29(40)21(14)15(9-13)28(27)39)31(42)24-17(35)4-5-18(36)25(24)33(43)44-3;1-10-5-13-21(17(34)6-10)29(39)25-20(26(13)36)11-7-12-9-18(35)24(28(38)19(12)14(8-11)27(25)37)30(40)22-15(32)3-4-16(33)23(22)31(41)42-2/h4-7,9-10,15,22,32,35-38,40-41H,8H2,1-3H3;3-6,8-9,14,20,26,32-36,38-39H,7H2,1-2H3/t15-,22?,32-;14-,20?,26-/m00/s1. The van der Waals surface area contributed by atoms with E-state index in [1.54, 1.807) is 26.0 Å². The normalized spacial score (nSPS) is 19.9. The van der Waals surface area contributed by atoms with E-state index in [1.807, 2.05) is 0 Å². The van der Waals surface area contributed by atoms with Crippen molar-refractivity contribution in [2.75, 3.05) is 14.2 Å². The minimum Gasteiger partial charge on any atom is -0.507 e. The molecule has 0 saturated carbocycles. The van der Waals surface area contributed by atoms with Crippen molar-refractivity contribution in [3.8, 4) is 57.5 Å². The van der Waals surface area contributed by atoms with Gasteiger partial charge >= 0.3 is 17.9 Å². The number of ketones is 4. The minimum atomic E-state index is -1.29. The van der Waals surface area contributed by atoms with Crippen molar-refractivity contribution in [3.05, 3.63) is 184 Å². The quantitative estimate of drug-likeness (QED) is 0.0247. The third kappa shape index (κ3) is 8.63. The lowest BCUT2D eigenvalue weighted by molar-refractivity contribution is -0.149. The topological polar surface area (TPSA) is 410 Å². The maximum atomic E-state index is 14.2. The molecule has 0 aliphatic heterocycles. The summed E-state index contributed by atoms with van der Waals surface area (Å²) in [7, 11) is 1.98. The number of fused-ring (bicyclic) bond motifs is 12. The molecule has 2 unspecified atom stereocenters. The molecule has 87 heavy (non-hydrogen) atoms. The lowest BCUT2D eigenvalue weighted by atomic mass is 9.63. The number of aryl methyl sites for hydroxylation is 2. The van der Waals surface area contributed by atoms with Crippen LogP contribution in [0.5, 0.6) is 57.5 Å². The number of phenols is 10. The van der Waals surface area contributed by atoms with Crippen molar-refractivity contribution in [1.29, 1.82) is 0 Å². The highest BCUT2D eigenvalue weighted by molar-refractivity contribution is 6.21. The Hall–Kier alpha value is -11.1. The Morgan fingerprint density at radius 1 is 0.471 bits per heavy atom. The van der Waals surface area contributed by atoms with Gasteiger partial charge in [-0.25, -0.2) is 9.59 Å². The number of aliphatic hydroxyl groups is 3. The van der Waals surface area contributed by atoms with Crippen molar-refractivity contribution in [2.24, 2.45) is 11.8 Å². The maximum absolute atomic E-state index is 14.2. The zero-order chi connectivity index (χ0) is 63.0. The summed E-state index contributed by atoms with van der Waals surface area (Å²) in [4.78, 5) is 92.4. The SMILES string of the molecule is COC(=O)c1c(O)ccc(O)c1C(=O)c1c(O)cc2c(c1O)[C@@H]1C=C(C2)C2C(=C(O)c3c(O)cc(C)cc3[C@@H]2O)C1=O.COC(=O)c1c(O)ccc(O)c1C(=O)c1c(O)cc2c(c1O)[C@@H]1C=C(C2)C2C(=C(O)c3c(O)cc(C)cc3[C@@H]2OC(C)=O)C1=O. The number of esters is 3. The lowest BCUT2D eigenvalue weighted by Crippen LogP contribution is -2.38. The summed E-state index contributed by atoms with van der Waals surface area (Å²) >= 11 is 0. The number of hydrogen-bond donors (Lipinski definition) is 13. The van der Waals surface area contributed by atoms with E-state index in [2.05, 4.69) is 9.47 Å². The van der Waals surface area contributed by atoms with Gasteiger partial charge in [0.05, 0.1) is 60.3 Å². The molecule has 0 fully saturated rings. The number of phenolic OH excluding ortho intramolecular Hbond substituents is 10. The van der Waals surface area contributed by atoms with Crippen LogP contribution in [0.25, 0.3) is 11.5 Å². The van der Waals surface area contributed by atoms with Crippen LogP contribution in [0.15, 0.2) is 95.1 Å². The third-order valence-corrected chi connectivity index (χ3v) is 16.6. The van der Waals surface area contributed by atoms with E-state index >= 15 is 0 Å². The summed E-state index contributed by atoms with van der Waals surface area (Å²) in [6.45, 7) is 4.60. The Balaban J connectivity index is 0.000000181. The van der Waals surface area contributed by atoms with Crippen LogP contribution in [0.4, 0.5) is 0 Å². The second-order valence-corrected chi connectivity index (χ2v) is 21.7. The first-order valence-corrected chi connectivity index (χ1v) is 26.5. The van der Waals surface area contributed by atoms with Gasteiger partial charge in [0, 0.05) is 40.7 Å². The maximum Gasteiger partial charge on any atom is 0.342 e. The first kappa shape index (κ1) is 57.7. The number of allylic oxidation sites excluding steroid dienone is 2. The average molecular weight is 1190 g/mol. The number of carbonyl (C=O) groups excluding carboxylic acids is 7. The Kier molecular flexibility index (Phi) is 13.7. The van der Waals surface area contributed by atoms with Gasteiger partial charge in [0.2, 0.25) is 11.6 Å². The molecule has 0 saturated heterocycles. The van der Waals surface area contributed by atoms with Gasteiger partial charge in [0.15, 0.2) is 11.6 Å². The molecule has 13 N–H and O–H groups in total. The summed E-state index contributed by atoms with van der Waals surface area (Å²) in [5.74, 6) is -19.1. The predicted molar refractivity (Wildman–Crippen MR) is 299 cm³/mol. The highest BCUT2D eigenvalue weighted by atomic mass is 16.5. The number of rotatable bonds is 7. The molecule has 23 heteroatoms. The van der Waals surface area contributed by atoms with Crippen molar-refractivity contribution >= 4 is 52.6 Å². The molecular weight excluding hydrogens is 1140 g/mol. The summed E-state index contributed by atoms with van der Waals surface area (Å²) in [5, 5.41) is 141. The summed E-state index contributed by atoms with van der Waals surface area (Å²) < 4.78 is 14.9. The zero-order valence-corrected chi connectivity index (χ0v) is 46.2. The second-order valence-electron chi connectivity index (χ2n) is 21.7. The molecule has 0 radical (unpaired) electrons. The van der Waals surface area contributed by atoms with Crippen LogP contribution in [-0.4, -0.2) is 122 Å². The summed E-state index contributed by atoms with van der Waals surface area (Å²) in [5.41, 5.74) is -1.68. The summed E-state index contributed by atoms with van der Waals surface area (Å²) in [6, 6.07) is 12.1. The van der Waals surface area contributed by atoms with Crippen molar-refractivity contribution < 1.29 is 114 Å². The molecule has 0 heterocycles. The number of carbonyl (C=O) groups is 7. The fourth-order valence-corrected chi connectivity index (χ4v) is 13.1. The molecule has 6 aliphatic rings. The first-order chi connectivity index (χ1) is 41.1. The number of ether oxygens (including phenoxy) is 3. The van der Waals surface area contributed by atoms with Crippen LogP contribution in [0, 0.1) is 25.7 Å². The van der Waals surface area contributed by atoms with E-state index in [4.69, 9.17) is 4.74 Å². The minimum absolute atomic E-state index is 0.00810. The lowest BCUT2D eigenvalue weighted by Gasteiger charge is -2.42. The zero-order valence-electron chi connectivity index (χ0n) is 46.2. The van der Waals surface area contributed by atoms with E-state index < -0.39 is 168 Å². The second kappa shape index (κ2) is 20.6. The molecule has 0 spiro atoms. The van der Waals surface area contributed by atoms with E-state index in [0.717, 1.165) is 44.6 Å². The van der Waals surface area contributed by atoms with Gasteiger partial charge in [0.1, 0.15) is 97.4 Å². The largest absolute Gasteiger partial charge is 0.507 e. The molecule has 0 aromatic heterocycles. The van der Waals surface area contributed by atoms with Gasteiger partial charge in [0.25, 0.3) is 0 Å². The number of hydrogen-bond acceptors (Lipinski definition) is 23. The van der Waals surface area contributed by atoms with Crippen LogP contribution in [0.1, 0.15) is 139 Å². The molecule has 444 valence electrons. The first-order valence-electron chi connectivity index (χ1n) is 26.5. The van der Waals surface area contributed by atoms with Gasteiger partial charge in [-0.3, -0.25) is 24.0 Å². The van der Waals surface area contributed by atoms with Crippen LogP contribution >= 0.6 is 0 Å². The smallest absolute Gasteiger partial charge is 0.342 e. The Morgan fingerprint density at radius 2 is 0.851 bits per heavy atom.